The molecule has 1 aromatic carbocycles. The minimum atomic E-state index is 0.440. The molecule has 0 N–H and O–H groups in total. The number of rotatable bonds is 0. The van der Waals surface area contributed by atoms with Crippen LogP contribution in [0.15, 0.2) is 30.3 Å². The molecule has 0 heterocycles. The third kappa shape index (κ3) is 7.37. The fourth-order valence-electron chi connectivity index (χ4n) is 0.478. The van der Waals surface area contributed by atoms with Gasteiger partial charge in [0.1, 0.15) is 0 Å². The molecule has 54 valence electrons. The molecule has 0 aromatic heterocycles. The Morgan fingerprint density at radius 2 is 1.50 bits per heavy atom. The fraction of sp³-hybridized carbons (Fsp3) is 0. The number of hydrogen-bond donors (Lipinski definition) is 0. The van der Waals surface area contributed by atoms with Crippen LogP contribution in [0, 0.1) is 6.92 Å². The van der Waals surface area contributed by atoms with Crippen molar-refractivity contribution in [3.8, 4) is 0 Å². The molecular formula is C7H7I2Ti-. The van der Waals surface area contributed by atoms with Gasteiger partial charge in [0.25, 0.3) is 0 Å². The van der Waals surface area contributed by atoms with Gasteiger partial charge in [0.05, 0.1) is 0 Å². The van der Waals surface area contributed by atoms with Crippen LogP contribution in [0.3, 0.4) is 0 Å². The topological polar surface area (TPSA) is 0 Å². The summed E-state index contributed by atoms with van der Waals surface area (Å²) in [4.78, 5) is 0. The molecule has 0 saturated heterocycles. The van der Waals surface area contributed by atoms with E-state index in [2.05, 4.69) is 45.3 Å². The predicted octanol–water partition coefficient (Wildman–Crippen LogP) is 3.64. The van der Waals surface area contributed by atoms with Crippen molar-refractivity contribution in [1.82, 2.24) is 0 Å². The second kappa shape index (κ2) is 8.36. The monoisotopic (exact) mass is 393 g/mol. The SMILES string of the molecule is [CH2-]c1ccccc1.[I][Ti][I]. The van der Waals surface area contributed by atoms with Gasteiger partial charge in [0.2, 0.25) is 0 Å². The molecule has 0 spiro atoms. The Morgan fingerprint density at radius 1 is 1.10 bits per heavy atom. The molecule has 0 fully saturated rings. The molecule has 0 aliphatic rings. The van der Waals surface area contributed by atoms with Gasteiger partial charge in [-0.3, -0.25) is 0 Å². The maximum absolute atomic E-state index is 3.72. The van der Waals surface area contributed by atoms with E-state index in [-0.39, 0.29) is 0 Å². The van der Waals surface area contributed by atoms with Crippen LogP contribution in [0.2, 0.25) is 0 Å². The van der Waals surface area contributed by atoms with Gasteiger partial charge in [-0.05, 0) is 0 Å². The molecule has 0 amide bonds. The van der Waals surface area contributed by atoms with Crippen molar-refractivity contribution in [1.29, 1.82) is 0 Å². The van der Waals surface area contributed by atoms with E-state index in [9.17, 15) is 0 Å². The van der Waals surface area contributed by atoms with E-state index in [0.717, 1.165) is 5.56 Å². The molecule has 0 unspecified atom stereocenters. The van der Waals surface area contributed by atoms with Crippen LogP contribution in [0.25, 0.3) is 0 Å². The van der Waals surface area contributed by atoms with Crippen molar-refractivity contribution in [3.05, 3.63) is 42.8 Å². The van der Waals surface area contributed by atoms with Gasteiger partial charge in [-0.1, -0.05) is 6.07 Å². The quantitative estimate of drug-likeness (QED) is 0.359. The second-order valence-corrected chi connectivity index (χ2v) is 14.7. The summed E-state index contributed by atoms with van der Waals surface area (Å²) >= 11 is 5.24. The molecule has 0 radical (unpaired) electrons. The van der Waals surface area contributed by atoms with Crippen LogP contribution < -0.4 is 0 Å². The van der Waals surface area contributed by atoms with Crippen LogP contribution in [0.1, 0.15) is 5.56 Å². The molecule has 0 aliphatic carbocycles. The van der Waals surface area contributed by atoms with E-state index in [1.165, 1.54) is 0 Å². The van der Waals surface area contributed by atoms with E-state index >= 15 is 0 Å². The zero-order valence-corrected chi connectivity index (χ0v) is 11.2. The molecule has 0 bridgehead atoms. The van der Waals surface area contributed by atoms with E-state index in [1.54, 1.807) is 0 Å². The van der Waals surface area contributed by atoms with Crippen molar-refractivity contribution in [2.75, 3.05) is 0 Å². The Bertz CT molecular complexity index is 153. The minimum absolute atomic E-state index is 0.440. The van der Waals surface area contributed by atoms with E-state index in [0.29, 0.717) is 11.7 Å². The summed E-state index contributed by atoms with van der Waals surface area (Å²) in [5, 5.41) is 0. The molecule has 0 nitrogen and oxygen atoms in total. The van der Waals surface area contributed by atoms with Crippen LogP contribution >= 0.6 is 38.4 Å². The molecule has 0 aliphatic heterocycles. The van der Waals surface area contributed by atoms with Crippen molar-refractivity contribution in [2.24, 2.45) is 0 Å². The maximum atomic E-state index is 3.72. The molecule has 3 heteroatoms. The van der Waals surface area contributed by atoms with Crippen LogP contribution in [-0.2, 0) is 11.7 Å². The molecule has 10 heavy (non-hydrogen) atoms. The molecule has 0 atom stereocenters. The Hall–Kier alpha value is 1.26. The summed E-state index contributed by atoms with van der Waals surface area (Å²) in [6.45, 7) is 3.72. The van der Waals surface area contributed by atoms with Crippen molar-refractivity contribution in [2.45, 2.75) is 0 Å². The van der Waals surface area contributed by atoms with Crippen molar-refractivity contribution < 1.29 is 11.7 Å². The zero-order chi connectivity index (χ0) is 7.82. The van der Waals surface area contributed by atoms with E-state index in [1.807, 2.05) is 30.3 Å². The molecule has 1 aromatic rings. The Labute approximate surface area is 91.5 Å². The van der Waals surface area contributed by atoms with Gasteiger partial charge in [-0.25, -0.2) is 0 Å². The second-order valence-electron chi connectivity index (χ2n) is 1.56. The zero-order valence-electron chi connectivity index (χ0n) is 5.35. The normalized spacial score (nSPS) is 7.40. The third-order valence-corrected chi connectivity index (χ3v) is 0.843. The van der Waals surface area contributed by atoms with E-state index < -0.39 is 0 Å². The summed E-state index contributed by atoms with van der Waals surface area (Å²) in [6, 6.07) is 9.87. The first-order chi connectivity index (χ1) is 4.81. The van der Waals surface area contributed by atoms with Gasteiger partial charge < -0.3 is 0 Å². The van der Waals surface area contributed by atoms with Crippen LogP contribution in [-0.4, -0.2) is 0 Å². The summed E-state index contributed by atoms with van der Waals surface area (Å²) in [5.74, 6) is 0. The first-order valence-electron chi connectivity index (χ1n) is 2.64. The molecular weight excluding hydrogens is 386 g/mol. The van der Waals surface area contributed by atoms with Gasteiger partial charge in [0, 0.05) is 0 Å². The van der Waals surface area contributed by atoms with E-state index in [4.69, 9.17) is 0 Å². The van der Waals surface area contributed by atoms with Gasteiger partial charge in [-0.2, -0.15) is 24.6 Å². The standard InChI is InChI=1S/C7H7.2HI.Ti/c1-7-5-3-2-4-6-7;;;/h2-6H,1H2;2*1H;/q-1;;;+2/p-2. The van der Waals surface area contributed by atoms with Crippen LogP contribution in [0.5, 0.6) is 0 Å². The molecule has 1 rings (SSSR count). The molecule has 0 saturated carbocycles. The predicted molar refractivity (Wildman–Crippen MR) is 58.9 cm³/mol. The number of benzene rings is 1. The number of hydrogen-bond acceptors (Lipinski definition) is 0. The van der Waals surface area contributed by atoms with Crippen molar-refractivity contribution in [3.63, 3.8) is 0 Å². The third-order valence-electron chi connectivity index (χ3n) is 0.843. The van der Waals surface area contributed by atoms with Gasteiger partial charge in [0.15, 0.2) is 0 Å². The average Bonchev–Trinajstić information content (AvgIpc) is 1.91. The van der Waals surface area contributed by atoms with Gasteiger partial charge in [-0.15, -0.1) is 12.1 Å². The Balaban J connectivity index is 0.000000236. The fourth-order valence-corrected chi connectivity index (χ4v) is 0.478. The Kier molecular flexibility index (Phi) is 9.42. The van der Waals surface area contributed by atoms with Gasteiger partial charge >= 0.3 is 50.0 Å². The van der Waals surface area contributed by atoms with Crippen molar-refractivity contribution >= 4 is 38.4 Å². The first kappa shape index (κ1) is 11.3. The summed E-state index contributed by atoms with van der Waals surface area (Å²) in [7, 11) is 0. The summed E-state index contributed by atoms with van der Waals surface area (Å²) in [6.07, 6.45) is 0. The first-order valence-corrected chi connectivity index (χ1v) is 12.7. The Morgan fingerprint density at radius 3 is 1.70 bits per heavy atom. The average molecular weight is 393 g/mol. The summed E-state index contributed by atoms with van der Waals surface area (Å²) < 4.78 is 0. The summed E-state index contributed by atoms with van der Waals surface area (Å²) in [5.41, 5.74) is 1.07. The number of halogens is 2. The van der Waals surface area contributed by atoms with Crippen LogP contribution in [0.4, 0.5) is 0 Å².